The molecular weight excluding hydrogens is 290 g/mol. The Morgan fingerprint density at radius 2 is 2.18 bits per heavy atom. The zero-order chi connectivity index (χ0) is 16.3. The van der Waals surface area contributed by atoms with Gasteiger partial charge in [0.2, 0.25) is 0 Å². The van der Waals surface area contributed by atoms with Gasteiger partial charge in [-0.05, 0) is 38.3 Å². The van der Waals surface area contributed by atoms with E-state index in [1.807, 2.05) is 0 Å². The average Bonchev–Trinajstić information content (AvgIpc) is 2.89. The number of likely N-dealkylation sites (tertiary alicyclic amines) is 1. The first-order valence-corrected chi connectivity index (χ1v) is 7.13. The Hall–Kier alpha value is -2.13. The Morgan fingerprint density at radius 1 is 1.55 bits per heavy atom. The molecule has 0 aliphatic carbocycles. The van der Waals surface area contributed by atoms with Crippen LogP contribution in [-0.4, -0.2) is 34.7 Å². The van der Waals surface area contributed by atoms with Crippen molar-refractivity contribution in [2.75, 3.05) is 11.9 Å². The van der Waals surface area contributed by atoms with Crippen molar-refractivity contribution in [1.29, 1.82) is 0 Å². The predicted octanol–water partition coefficient (Wildman–Crippen LogP) is 2.71. The summed E-state index contributed by atoms with van der Waals surface area (Å²) < 4.78 is 27.7. The largest absolute Gasteiger partial charge is 0.393 e. The summed E-state index contributed by atoms with van der Waals surface area (Å²) in [4.78, 5) is 13.7. The van der Waals surface area contributed by atoms with Gasteiger partial charge in [0.05, 0.1) is 6.10 Å². The number of rotatable bonds is 3. The number of terminal acetylenes is 1. The summed E-state index contributed by atoms with van der Waals surface area (Å²) in [7, 11) is 0. The summed E-state index contributed by atoms with van der Waals surface area (Å²) in [5, 5.41) is 11.7. The molecule has 1 saturated heterocycles. The minimum atomic E-state index is -0.910. The lowest BCUT2D eigenvalue weighted by molar-refractivity contribution is 0.142. The fourth-order valence-corrected chi connectivity index (χ4v) is 2.70. The van der Waals surface area contributed by atoms with Gasteiger partial charge in [0.1, 0.15) is 5.69 Å². The van der Waals surface area contributed by atoms with Crippen molar-refractivity contribution in [3.05, 3.63) is 29.3 Å². The molecule has 1 aromatic rings. The van der Waals surface area contributed by atoms with E-state index in [0.29, 0.717) is 13.0 Å². The lowest BCUT2D eigenvalue weighted by Gasteiger charge is -2.26. The maximum absolute atomic E-state index is 13.8. The number of carbonyl (C=O) groups is 1. The van der Waals surface area contributed by atoms with Crippen LogP contribution in [0.1, 0.15) is 31.7 Å². The Balaban J connectivity index is 2.14. The van der Waals surface area contributed by atoms with E-state index < -0.39 is 29.5 Å². The molecule has 118 valence electrons. The van der Waals surface area contributed by atoms with Crippen molar-refractivity contribution >= 4 is 11.7 Å². The number of benzene rings is 1. The third-order valence-corrected chi connectivity index (χ3v) is 3.69. The molecule has 1 heterocycles. The molecule has 0 radical (unpaired) electrons. The molecule has 22 heavy (non-hydrogen) atoms. The molecule has 1 aromatic carbocycles. The lowest BCUT2D eigenvalue weighted by atomic mass is 10.1. The molecule has 2 amide bonds. The number of hydrogen-bond donors (Lipinski definition) is 2. The molecule has 2 atom stereocenters. The van der Waals surface area contributed by atoms with Gasteiger partial charge < -0.3 is 15.3 Å². The van der Waals surface area contributed by atoms with Crippen LogP contribution in [0.2, 0.25) is 0 Å². The van der Waals surface area contributed by atoms with Crippen molar-refractivity contribution in [3.8, 4) is 12.3 Å². The van der Waals surface area contributed by atoms with Crippen LogP contribution in [0, 0.1) is 24.0 Å². The third kappa shape index (κ3) is 3.55. The zero-order valence-electron chi connectivity index (χ0n) is 12.3. The number of amides is 2. The predicted molar refractivity (Wildman–Crippen MR) is 79.3 cm³/mol. The number of anilines is 1. The van der Waals surface area contributed by atoms with Gasteiger partial charge in [0, 0.05) is 18.2 Å². The Bertz CT molecular complexity index is 588. The monoisotopic (exact) mass is 308 g/mol. The summed E-state index contributed by atoms with van der Waals surface area (Å²) in [6.45, 7) is 2.14. The maximum Gasteiger partial charge on any atom is 0.322 e. The van der Waals surface area contributed by atoms with Crippen LogP contribution < -0.4 is 5.32 Å². The Labute approximate surface area is 128 Å². The van der Waals surface area contributed by atoms with Crippen molar-refractivity contribution in [1.82, 2.24) is 4.90 Å². The van der Waals surface area contributed by atoms with E-state index in [2.05, 4.69) is 11.2 Å². The smallest absolute Gasteiger partial charge is 0.322 e. The van der Waals surface area contributed by atoms with Crippen LogP contribution >= 0.6 is 0 Å². The summed E-state index contributed by atoms with van der Waals surface area (Å²) in [5.74, 6) is 0.323. The highest BCUT2D eigenvalue weighted by Gasteiger charge is 2.30. The fourth-order valence-electron chi connectivity index (χ4n) is 2.70. The minimum Gasteiger partial charge on any atom is -0.393 e. The molecule has 4 nitrogen and oxygen atoms in total. The first-order chi connectivity index (χ1) is 10.4. The van der Waals surface area contributed by atoms with E-state index in [1.165, 1.54) is 4.90 Å². The van der Waals surface area contributed by atoms with E-state index in [4.69, 9.17) is 6.42 Å². The van der Waals surface area contributed by atoms with E-state index in [0.717, 1.165) is 25.0 Å². The number of nitrogens with zero attached hydrogens (tertiary/aromatic N) is 1. The van der Waals surface area contributed by atoms with Crippen LogP contribution in [0.25, 0.3) is 0 Å². The number of aliphatic hydroxyl groups is 1. The first kappa shape index (κ1) is 16.2. The molecule has 0 bridgehead atoms. The second kappa shape index (κ2) is 6.75. The van der Waals surface area contributed by atoms with Crippen molar-refractivity contribution in [3.63, 3.8) is 0 Å². The van der Waals surface area contributed by atoms with Gasteiger partial charge in [-0.1, -0.05) is 5.92 Å². The SMILES string of the molecule is C#Cc1cc(F)c(NC(=O)N2CCCC2CC(C)O)c(F)c1. The average molecular weight is 308 g/mol. The number of hydrogen-bond acceptors (Lipinski definition) is 2. The van der Waals surface area contributed by atoms with E-state index in [9.17, 15) is 18.7 Å². The summed E-state index contributed by atoms with van der Waals surface area (Å²) in [5.41, 5.74) is -0.437. The molecule has 1 aliphatic heterocycles. The van der Waals surface area contributed by atoms with Crippen LogP contribution in [0.4, 0.5) is 19.3 Å². The molecule has 2 unspecified atom stereocenters. The van der Waals surface area contributed by atoms with Crippen molar-refractivity contribution in [2.45, 2.75) is 38.3 Å². The first-order valence-electron chi connectivity index (χ1n) is 7.13. The zero-order valence-corrected chi connectivity index (χ0v) is 12.3. The van der Waals surface area contributed by atoms with Crippen LogP contribution in [0.5, 0.6) is 0 Å². The number of carbonyl (C=O) groups excluding carboxylic acids is 1. The Kier molecular flexibility index (Phi) is 4.99. The van der Waals surface area contributed by atoms with Gasteiger partial charge in [0.25, 0.3) is 0 Å². The normalized spacial score (nSPS) is 18.9. The van der Waals surface area contributed by atoms with Crippen LogP contribution in [-0.2, 0) is 0 Å². The highest BCUT2D eigenvalue weighted by molar-refractivity contribution is 5.90. The number of aliphatic hydroxyl groups excluding tert-OH is 1. The molecule has 1 aliphatic rings. The second-order valence-electron chi connectivity index (χ2n) is 5.46. The third-order valence-electron chi connectivity index (χ3n) is 3.69. The summed E-state index contributed by atoms with van der Waals surface area (Å²) in [6, 6.07) is 1.29. The second-order valence-corrected chi connectivity index (χ2v) is 5.46. The molecule has 6 heteroatoms. The van der Waals surface area contributed by atoms with E-state index in [-0.39, 0.29) is 11.6 Å². The van der Waals surface area contributed by atoms with Crippen molar-refractivity contribution < 1.29 is 18.7 Å². The van der Waals surface area contributed by atoms with Crippen LogP contribution in [0.15, 0.2) is 12.1 Å². The van der Waals surface area contributed by atoms with Gasteiger partial charge >= 0.3 is 6.03 Å². The van der Waals surface area contributed by atoms with Gasteiger partial charge in [-0.25, -0.2) is 13.6 Å². The van der Waals surface area contributed by atoms with Crippen molar-refractivity contribution in [2.24, 2.45) is 0 Å². The molecular formula is C16H18F2N2O2. The number of nitrogens with one attached hydrogen (secondary N) is 1. The van der Waals surface area contributed by atoms with E-state index in [1.54, 1.807) is 6.92 Å². The quantitative estimate of drug-likeness (QED) is 0.844. The Morgan fingerprint density at radius 3 is 2.73 bits per heavy atom. The van der Waals surface area contributed by atoms with Gasteiger partial charge in [-0.3, -0.25) is 0 Å². The minimum absolute atomic E-state index is 0.0705. The number of urea groups is 1. The molecule has 0 aromatic heterocycles. The topological polar surface area (TPSA) is 52.6 Å². The summed E-state index contributed by atoms with van der Waals surface area (Å²) >= 11 is 0. The molecule has 0 spiro atoms. The standard InChI is InChI=1S/C16H18F2N2O2/c1-3-11-8-13(17)15(14(18)9-11)19-16(22)20-6-4-5-12(20)7-10(2)21/h1,8-10,12,21H,4-7H2,2H3,(H,19,22). The molecule has 2 rings (SSSR count). The van der Waals surface area contributed by atoms with E-state index >= 15 is 0 Å². The highest BCUT2D eigenvalue weighted by atomic mass is 19.1. The highest BCUT2D eigenvalue weighted by Crippen LogP contribution is 2.25. The maximum atomic E-state index is 13.8. The summed E-state index contributed by atoms with van der Waals surface area (Å²) in [6.07, 6.45) is 6.56. The molecule has 1 fully saturated rings. The van der Waals surface area contributed by atoms with Gasteiger partial charge in [-0.15, -0.1) is 6.42 Å². The molecule has 2 N–H and O–H groups in total. The van der Waals surface area contributed by atoms with Gasteiger partial charge in [-0.2, -0.15) is 0 Å². The lowest BCUT2D eigenvalue weighted by Crippen LogP contribution is -2.40. The number of halogens is 2. The molecule has 0 saturated carbocycles. The fraction of sp³-hybridized carbons (Fsp3) is 0.438. The van der Waals surface area contributed by atoms with Crippen LogP contribution in [0.3, 0.4) is 0 Å². The van der Waals surface area contributed by atoms with Gasteiger partial charge in [0.15, 0.2) is 11.6 Å².